The molecule has 3 aromatic rings. The van der Waals surface area contributed by atoms with Gasteiger partial charge in [-0.3, -0.25) is 4.79 Å². The van der Waals surface area contributed by atoms with Crippen molar-refractivity contribution in [1.82, 2.24) is 14.9 Å². The van der Waals surface area contributed by atoms with Crippen LogP contribution in [0.1, 0.15) is 23.4 Å². The first kappa shape index (κ1) is 18.5. The molecule has 1 aromatic heterocycles. The molecule has 0 radical (unpaired) electrons. The van der Waals surface area contributed by atoms with Crippen molar-refractivity contribution < 1.29 is 9.18 Å². The summed E-state index contributed by atoms with van der Waals surface area (Å²) < 4.78 is 13.9. The van der Waals surface area contributed by atoms with Crippen LogP contribution < -0.4 is 4.90 Å². The number of anilines is 1. The number of fused-ring (bicyclic) bond motifs is 1. The number of nitrogens with one attached hydrogen (secondary N) is 1. The van der Waals surface area contributed by atoms with E-state index >= 15 is 0 Å². The maximum atomic E-state index is 13.9. The van der Waals surface area contributed by atoms with Crippen LogP contribution in [0.3, 0.4) is 0 Å². The van der Waals surface area contributed by atoms with Crippen LogP contribution in [-0.2, 0) is 11.2 Å². The van der Waals surface area contributed by atoms with Crippen LogP contribution in [0.5, 0.6) is 0 Å². The predicted molar refractivity (Wildman–Crippen MR) is 109 cm³/mol. The minimum Gasteiger partial charge on any atom is -0.366 e. The minimum absolute atomic E-state index is 0.126. The number of carbonyl (C=O) groups excluding carboxylic acids is 1. The lowest BCUT2D eigenvalue weighted by Gasteiger charge is -2.36. The highest BCUT2D eigenvalue weighted by atomic mass is 19.1. The first-order chi connectivity index (χ1) is 13.5. The van der Waals surface area contributed by atoms with Crippen molar-refractivity contribution in [3.05, 3.63) is 59.2 Å². The number of aromatic amines is 1. The fourth-order valence-electron chi connectivity index (χ4n) is 3.73. The summed E-state index contributed by atoms with van der Waals surface area (Å²) in [5, 5.41) is 0. The number of halogens is 1. The molecule has 28 heavy (non-hydrogen) atoms. The van der Waals surface area contributed by atoms with Crippen LogP contribution in [0.25, 0.3) is 11.0 Å². The van der Waals surface area contributed by atoms with E-state index in [2.05, 4.69) is 35.9 Å². The van der Waals surface area contributed by atoms with Crippen LogP contribution in [0.4, 0.5) is 10.1 Å². The molecular formula is C22H25FN4O. The Morgan fingerprint density at radius 1 is 1.11 bits per heavy atom. The Bertz CT molecular complexity index is 966. The second-order valence-electron chi connectivity index (χ2n) is 7.46. The van der Waals surface area contributed by atoms with E-state index < -0.39 is 0 Å². The lowest BCUT2D eigenvalue weighted by atomic mass is 10.1. The molecule has 1 aliphatic rings. The maximum absolute atomic E-state index is 13.9. The number of para-hydroxylation sites is 1. The first-order valence-electron chi connectivity index (χ1n) is 9.74. The second-order valence-corrected chi connectivity index (χ2v) is 7.46. The number of aromatic nitrogens is 2. The zero-order valence-corrected chi connectivity index (χ0v) is 16.3. The number of rotatable bonds is 4. The number of carbonyl (C=O) groups is 1. The molecule has 6 heteroatoms. The highest BCUT2D eigenvalue weighted by molar-refractivity contribution is 5.78. The van der Waals surface area contributed by atoms with Gasteiger partial charge < -0.3 is 14.8 Å². The third kappa shape index (κ3) is 3.72. The van der Waals surface area contributed by atoms with Gasteiger partial charge in [0.2, 0.25) is 5.91 Å². The van der Waals surface area contributed by atoms with E-state index in [9.17, 15) is 9.18 Å². The highest BCUT2D eigenvalue weighted by Gasteiger charge is 2.22. The third-order valence-corrected chi connectivity index (χ3v) is 5.55. The first-order valence-corrected chi connectivity index (χ1v) is 9.74. The van der Waals surface area contributed by atoms with Crippen molar-refractivity contribution in [2.75, 3.05) is 31.1 Å². The van der Waals surface area contributed by atoms with Crippen molar-refractivity contribution in [2.24, 2.45) is 0 Å². The average Bonchev–Trinajstić information content (AvgIpc) is 3.08. The van der Waals surface area contributed by atoms with E-state index in [4.69, 9.17) is 0 Å². The average molecular weight is 380 g/mol. The number of piperazine rings is 1. The smallest absolute Gasteiger partial charge is 0.223 e. The van der Waals surface area contributed by atoms with Gasteiger partial charge in [-0.15, -0.1) is 0 Å². The predicted octanol–water partition coefficient (Wildman–Crippen LogP) is 3.60. The molecule has 4 rings (SSSR count). The van der Waals surface area contributed by atoms with E-state index in [0.29, 0.717) is 44.7 Å². The topological polar surface area (TPSA) is 52.2 Å². The van der Waals surface area contributed by atoms with Gasteiger partial charge in [-0.1, -0.05) is 12.1 Å². The molecule has 1 saturated heterocycles. The Kier molecular flexibility index (Phi) is 5.03. The minimum atomic E-state index is -0.211. The molecule has 0 spiro atoms. The Balaban J connectivity index is 1.33. The zero-order chi connectivity index (χ0) is 19.7. The fourth-order valence-corrected chi connectivity index (χ4v) is 3.73. The largest absolute Gasteiger partial charge is 0.366 e. The van der Waals surface area contributed by atoms with Gasteiger partial charge in [0.15, 0.2) is 0 Å². The maximum Gasteiger partial charge on any atom is 0.223 e. The summed E-state index contributed by atoms with van der Waals surface area (Å²) in [6.07, 6.45) is 1.02. The Morgan fingerprint density at radius 3 is 2.57 bits per heavy atom. The van der Waals surface area contributed by atoms with Crippen LogP contribution in [0.15, 0.2) is 36.4 Å². The lowest BCUT2D eigenvalue weighted by Crippen LogP contribution is -2.49. The number of nitrogens with zero attached hydrogens (tertiary/aromatic N) is 3. The molecule has 2 aromatic carbocycles. The highest BCUT2D eigenvalue weighted by Crippen LogP contribution is 2.21. The summed E-state index contributed by atoms with van der Waals surface area (Å²) in [5.41, 5.74) is 5.02. The third-order valence-electron chi connectivity index (χ3n) is 5.55. The summed E-state index contributed by atoms with van der Waals surface area (Å²) in [6.45, 7) is 6.69. The van der Waals surface area contributed by atoms with Gasteiger partial charge >= 0.3 is 0 Å². The summed E-state index contributed by atoms with van der Waals surface area (Å²) in [5.74, 6) is 0.761. The van der Waals surface area contributed by atoms with E-state index in [1.807, 2.05) is 15.9 Å². The van der Waals surface area contributed by atoms with Gasteiger partial charge in [0.1, 0.15) is 11.6 Å². The van der Waals surface area contributed by atoms with Crippen molar-refractivity contribution in [2.45, 2.75) is 26.7 Å². The summed E-state index contributed by atoms with van der Waals surface area (Å²) in [6, 6.07) is 11.0. The molecule has 1 N–H and O–H groups in total. The van der Waals surface area contributed by atoms with Crippen molar-refractivity contribution >= 4 is 22.6 Å². The second kappa shape index (κ2) is 7.62. The van der Waals surface area contributed by atoms with Gasteiger partial charge in [-0.05, 0) is 49.2 Å². The Labute approximate surface area is 164 Å². The van der Waals surface area contributed by atoms with Crippen LogP contribution in [-0.4, -0.2) is 47.0 Å². The van der Waals surface area contributed by atoms with Crippen molar-refractivity contribution in [1.29, 1.82) is 0 Å². The number of hydrogen-bond donors (Lipinski definition) is 1. The molecule has 5 nitrogen and oxygen atoms in total. The SMILES string of the molecule is Cc1cc2nc(CCC(=O)N3CCN(c4ccccc4F)CC3)[nH]c2cc1C. The van der Waals surface area contributed by atoms with Gasteiger partial charge in [-0.2, -0.15) is 0 Å². The molecule has 0 saturated carbocycles. The Morgan fingerprint density at radius 2 is 1.82 bits per heavy atom. The molecule has 0 atom stereocenters. The summed E-state index contributed by atoms with van der Waals surface area (Å²) in [4.78, 5) is 24.4. The monoisotopic (exact) mass is 380 g/mol. The van der Waals surface area contributed by atoms with E-state index in [1.54, 1.807) is 12.1 Å². The van der Waals surface area contributed by atoms with Gasteiger partial charge in [0.05, 0.1) is 16.7 Å². The molecule has 1 amide bonds. The van der Waals surface area contributed by atoms with Crippen molar-refractivity contribution in [3.63, 3.8) is 0 Å². The van der Waals surface area contributed by atoms with Crippen LogP contribution in [0.2, 0.25) is 0 Å². The van der Waals surface area contributed by atoms with Crippen molar-refractivity contribution in [3.8, 4) is 0 Å². The molecule has 1 fully saturated rings. The molecule has 2 heterocycles. The van der Waals surface area contributed by atoms with Gasteiger partial charge in [-0.25, -0.2) is 9.37 Å². The number of benzene rings is 2. The number of H-pyrrole nitrogens is 1. The molecule has 1 aliphatic heterocycles. The summed E-state index contributed by atoms with van der Waals surface area (Å²) >= 11 is 0. The summed E-state index contributed by atoms with van der Waals surface area (Å²) in [7, 11) is 0. The molecule has 0 bridgehead atoms. The molecule has 0 aliphatic carbocycles. The quantitative estimate of drug-likeness (QED) is 0.752. The van der Waals surface area contributed by atoms with Gasteiger partial charge in [0, 0.05) is 39.0 Å². The van der Waals surface area contributed by atoms with Gasteiger partial charge in [0.25, 0.3) is 0 Å². The fraction of sp³-hybridized carbons (Fsp3) is 0.364. The molecular weight excluding hydrogens is 355 g/mol. The lowest BCUT2D eigenvalue weighted by molar-refractivity contribution is -0.131. The number of aryl methyl sites for hydroxylation is 3. The Hall–Kier alpha value is -2.89. The van der Waals surface area contributed by atoms with Crippen LogP contribution >= 0.6 is 0 Å². The molecule has 146 valence electrons. The van der Waals surface area contributed by atoms with E-state index in [-0.39, 0.29) is 11.7 Å². The number of imidazole rings is 1. The number of amides is 1. The van der Waals surface area contributed by atoms with Crippen LogP contribution in [0, 0.1) is 19.7 Å². The normalized spacial score (nSPS) is 14.7. The molecule has 0 unspecified atom stereocenters. The van der Waals surface area contributed by atoms with E-state index in [1.165, 1.54) is 17.2 Å². The van der Waals surface area contributed by atoms with E-state index in [0.717, 1.165) is 16.9 Å². The number of hydrogen-bond acceptors (Lipinski definition) is 3. The zero-order valence-electron chi connectivity index (χ0n) is 16.3. The standard InChI is InChI=1S/C22H25FN4O/c1-15-13-18-19(14-16(15)2)25-21(24-18)7-8-22(28)27-11-9-26(10-12-27)20-6-4-3-5-17(20)23/h3-6,13-14H,7-12H2,1-2H3,(H,24,25).